The molecule has 1 aromatic rings. The van der Waals surface area contributed by atoms with Crippen LogP contribution in [0.5, 0.6) is 0 Å². The maximum atomic E-state index is 13.7. The van der Waals surface area contributed by atoms with Crippen LogP contribution in [-0.2, 0) is 4.74 Å². The van der Waals surface area contributed by atoms with Crippen LogP contribution in [-0.4, -0.2) is 41.2 Å². The molecule has 2 rings (SSSR count). The van der Waals surface area contributed by atoms with Crippen molar-refractivity contribution in [2.75, 3.05) is 17.7 Å². The molecule has 0 fully saturated rings. The Bertz CT molecular complexity index is 756. The van der Waals surface area contributed by atoms with Crippen LogP contribution >= 0.6 is 35.8 Å². The van der Waals surface area contributed by atoms with E-state index >= 15 is 0 Å². The number of alkyl halides is 3. The smallest absolute Gasteiger partial charge is 0.412 e. The number of anilines is 1. The summed E-state index contributed by atoms with van der Waals surface area (Å²) in [6.45, 7) is 4.62. The Hall–Kier alpha value is -1.25. The van der Waals surface area contributed by atoms with Crippen LogP contribution in [0.15, 0.2) is 18.2 Å². The monoisotopic (exact) mass is 456 g/mol. The van der Waals surface area contributed by atoms with Crippen LogP contribution in [0.2, 0.25) is 10.0 Å². The molecule has 1 aliphatic rings. The molecule has 0 radical (unpaired) electrons. The van der Waals surface area contributed by atoms with E-state index in [0.717, 1.165) is 6.08 Å². The average molecular weight is 457 g/mol. The number of hydrogen-bond acceptors (Lipinski definition) is 4. The lowest BCUT2D eigenvalue weighted by Gasteiger charge is -2.36. The van der Waals surface area contributed by atoms with Crippen molar-refractivity contribution in [2.45, 2.75) is 45.0 Å². The number of benzene rings is 1. The fourth-order valence-corrected chi connectivity index (χ4v) is 3.73. The Balaban J connectivity index is 2.42. The number of hydrogen-bond donors (Lipinski definition) is 2. The van der Waals surface area contributed by atoms with Gasteiger partial charge >= 0.3 is 12.3 Å². The minimum Gasteiger partial charge on any atom is -0.444 e. The Morgan fingerprint density at radius 2 is 1.86 bits per heavy atom. The van der Waals surface area contributed by atoms with E-state index in [2.05, 4.69) is 17.9 Å². The Labute approximate surface area is 177 Å². The quantitative estimate of drug-likeness (QED) is 0.417. The number of halogens is 5. The molecule has 0 spiro atoms. The van der Waals surface area contributed by atoms with Crippen LogP contribution in [0.25, 0.3) is 5.57 Å². The molecule has 0 saturated carbocycles. The number of nitrogens with zero attached hydrogens (tertiary/aromatic N) is 1. The lowest BCUT2D eigenvalue weighted by atomic mass is 9.95. The van der Waals surface area contributed by atoms with Crippen molar-refractivity contribution in [3.8, 4) is 0 Å². The molecule has 156 valence electrons. The van der Waals surface area contributed by atoms with Gasteiger partial charge in [0.25, 0.3) is 0 Å². The first-order valence-electron chi connectivity index (χ1n) is 8.44. The summed E-state index contributed by atoms with van der Waals surface area (Å²) >= 11 is 16.6. The SMILES string of the molecule is CC(C)(C)OC(=O)N1CCC(c2c(Cl)cc(NCS)cc2Cl)=CC1C(F)(F)F. The topological polar surface area (TPSA) is 41.6 Å². The van der Waals surface area contributed by atoms with Gasteiger partial charge in [-0.15, -0.1) is 0 Å². The van der Waals surface area contributed by atoms with Gasteiger partial charge in [0.05, 0.1) is 15.9 Å². The second kappa shape index (κ2) is 8.63. The summed E-state index contributed by atoms with van der Waals surface area (Å²) in [5, 5.41) is 3.36. The van der Waals surface area contributed by atoms with Crippen molar-refractivity contribution in [3.63, 3.8) is 0 Å². The molecule has 1 N–H and O–H groups in total. The van der Waals surface area contributed by atoms with Crippen molar-refractivity contribution in [1.82, 2.24) is 4.90 Å². The minimum absolute atomic E-state index is 0.157. The zero-order valence-corrected chi connectivity index (χ0v) is 17.9. The summed E-state index contributed by atoms with van der Waals surface area (Å²) in [4.78, 5) is 12.9. The zero-order valence-electron chi connectivity index (χ0n) is 15.5. The van der Waals surface area contributed by atoms with Gasteiger partial charge in [-0.25, -0.2) is 4.79 Å². The highest BCUT2D eigenvalue weighted by molar-refractivity contribution is 7.80. The van der Waals surface area contributed by atoms with E-state index < -0.39 is 23.9 Å². The molecule has 1 amide bonds. The van der Waals surface area contributed by atoms with E-state index in [4.69, 9.17) is 27.9 Å². The van der Waals surface area contributed by atoms with Gasteiger partial charge in [0.15, 0.2) is 0 Å². The first kappa shape index (κ1) is 23.0. The summed E-state index contributed by atoms with van der Waals surface area (Å²) < 4.78 is 46.1. The number of ether oxygens (including phenoxy) is 1. The van der Waals surface area contributed by atoms with Gasteiger partial charge in [-0.3, -0.25) is 4.90 Å². The predicted molar refractivity (Wildman–Crippen MR) is 109 cm³/mol. The molecule has 4 nitrogen and oxygen atoms in total. The van der Waals surface area contributed by atoms with Crippen molar-refractivity contribution < 1.29 is 22.7 Å². The number of amides is 1. The van der Waals surface area contributed by atoms with Crippen molar-refractivity contribution in [2.24, 2.45) is 0 Å². The van der Waals surface area contributed by atoms with E-state index in [1.165, 1.54) is 0 Å². The number of carbonyl (C=O) groups excluding carboxylic acids is 1. The number of nitrogens with one attached hydrogen (secondary N) is 1. The zero-order chi connectivity index (χ0) is 21.3. The van der Waals surface area contributed by atoms with Gasteiger partial charge in [0.2, 0.25) is 0 Å². The van der Waals surface area contributed by atoms with Crippen molar-refractivity contribution in [3.05, 3.63) is 33.8 Å². The largest absolute Gasteiger partial charge is 0.444 e. The fraction of sp³-hybridized carbons (Fsp3) is 0.500. The maximum absolute atomic E-state index is 13.7. The molecule has 0 aliphatic carbocycles. The molecule has 1 aromatic carbocycles. The summed E-state index contributed by atoms with van der Waals surface area (Å²) in [5.41, 5.74) is 0.355. The molecule has 1 atom stereocenters. The standard InChI is InChI=1S/C18H21Cl2F3N2O2S/c1-17(2,3)27-16(26)25-5-4-10(6-14(25)18(21,22)23)15-12(19)7-11(24-9-28)8-13(15)20/h6-8,14,24,28H,4-5,9H2,1-3H3. The van der Waals surface area contributed by atoms with Crippen LogP contribution in [0.1, 0.15) is 32.8 Å². The normalized spacial score (nSPS) is 18.0. The van der Waals surface area contributed by atoms with Crippen LogP contribution in [0.4, 0.5) is 23.7 Å². The van der Waals surface area contributed by atoms with Crippen molar-refractivity contribution in [1.29, 1.82) is 0 Å². The Kier molecular flexibility index (Phi) is 7.10. The molecule has 1 unspecified atom stereocenters. The first-order chi connectivity index (χ1) is 12.8. The van der Waals surface area contributed by atoms with Gasteiger partial charge in [-0.1, -0.05) is 23.2 Å². The van der Waals surface area contributed by atoms with Crippen LogP contribution in [0, 0.1) is 0 Å². The minimum atomic E-state index is -4.67. The third kappa shape index (κ3) is 5.64. The Morgan fingerprint density at radius 3 is 2.32 bits per heavy atom. The predicted octanol–water partition coefficient (Wildman–Crippen LogP) is 6.25. The van der Waals surface area contributed by atoms with Gasteiger partial charge in [-0.2, -0.15) is 25.8 Å². The molecule has 0 saturated heterocycles. The molecule has 1 heterocycles. The second-order valence-corrected chi connectivity index (χ2v) is 8.38. The molecule has 0 bridgehead atoms. The number of carbonyl (C=O) groups is 1. The highest BCUT2D eigenvalue weighted by Gasteiger charge is 2.47. The summed E-state index contributed by atoms with van der Waals surface area (Å²) in [6, 6.07) is 1.01. The Morgan fingerprint density at radius 1 is 1.29 bits per heavy atom. The molecule has 0 aromatic heterocycles. The highest BCUT2D eigenvalue weighted by Crippen LogP contribution is 2.40. The van der Waals surface area contributed by atoms with E-state index in [1.54, 1.807) is 32.9 Å². The highest BCUT2D eigenvalue weighted by atomic mass is 35.5. The first-order valence-corrected chi connectivity index (χ1v) is 9.83. The van der Waals surface area contributed by atoms with Crippen molar-refractivity contribution >= 4 is 53.2 Å². The van der Waals surface area contributed by atoms with Crippen LogP contribution < -0.4 is 5.32 Å². The van der Waals surface area contributed by atoms with E-state index in [-0.39, 0.29) is 23.0 Å². The lowest BCUT2D eigenvalue weighted by molar-refractivity contribution is -0.168. The molecule has 10 heteroatoms. The average Bonchev–Trinajstić information content (AvgIpc) is 2.52. The molecular weight excluding hydrogens is 436 g/mol. The fourth-order valence-electron chi connectivity index (χ4n) is 2.82. The van der Waals surface area contributed by atoms with E-state index in [1.807, 2.05) is 0 Å². The second-order valence-electron chi connectivity index (χ2n) is 7.25. The van der Waals surface area contributed by atoms with Gasteiger partial charge in [0, 0.05) is 17.8 Å². The third-order valence-corrected chi connectivity index (χ3v) is 4.68. The van der Waals surface area contributed by atoms with Gasteiger partial charge in [-0.05, 0) is 51.0 Å². The summed E-state index contributed by atoms with van der Waals surface area (Å²) in [6.07, 6.45) is -4.55. The van der Waals surface area contributed by atoms with E-state index in [0.29, 0.717) is 27.6 Å². The maximum Gasteiger partial charge on any atom is 0.412 e. The molecular formula is C18H21Cl2F3N2O2S. The van der Waals surface area contributed by atoms with Gasteiger partial charge < -0.3 is 10.1 Å². The summed E-state index contributed by atoms with van der Waals surface area (Å²) in [7, 11) is 0. The van der Waals surface area contributed by atoms with Crippen LogP contribution in [0.3, 0.4) is 0 Å². The van der Waals surface area contributed by atoms with Gasteiger partial charge in [0.1, 0.15) is 11.6 Å². The lowest BCUT2D eigenvalue weighted by Crippen LogP contribution is -2.51. The molecule has 28 heavy (non-hydrogen) atoms. The molecule has 1 aliphatic heterocycles. The number of thiol groups is 1. The third-order valence-electron chi connectivity index (χ3n) is 3.93. The van der Waals surface area contributed by atoms with E-state index in [9.17, 15) is 18.0 Å². The number of rotatable bonds is 3. The summed E-state index contributed by atoms with van der Waals surface area (Å²) in [5.74, 6) is 0.343.